The van der Waals surface area contributed by atoms with Crippen molar-refractivity contribution in [2.24, 2.45) is 0 Å². The third-order valence-corrected chi connectivity index (χ3v) is 3.24. The zero-order valence-electron chi connectivity index (χ0n) is 9.04. The van der Waals surface area contributed by atoms with Gasteiger partial charge in [0.2, 0.25) is 0 Å². The molecule has 1 aliphatic carbocycles. The van der Waals surface area contributed by atoms with Gasteiger partial charge in [0.05, 0.1) is 5.56 Å². The largest absolute Gasteiger partial charge is 0.336 e. The molecule has 0 unspecified atom stereocenters. The highest BCUT2D eigenvalue weighted by molar-refractivity contribution is 9.10. The van der Waals surface area contributed by atoms with Gasteiger partial charge in [0.15, 0.2) is 0 Å². The molecule has 1 amide bonds. The average Bonchev–Trinajstić information content (AvgIpc) is 3.07. The molecule has 0 spiro atoms. The Morgan fingerprint density at radius 2 is 2.25 bits per heavy atom. The molecule has 0 aromatic heterocycles. The first-order valence-electron chi connectivity index (χ1n) is 5.39. The minimum absolute atomic E-state index is 0.156. The van der Waals surface area contributed by atoms with Crippen molar-refractivity contribution < 1.29 is 9.18 Å². The summed E-state index contributed by atoms with van der Waals surface area (Å²) < 4.78 is 14.3. The number of carbonyl (C=O) groups excluding carboxylic acids is 1. The van der Waals surface area contributed by atoms with E-state index in [1.165, 1.54) is 6.07 Å². The van der Waals surface area contributed by atoms with Crippen molar-refractivity contribution >= 4 is 21.8 Å². The summed E-state index contributed by atoms with van der Waals surface area (Å²) in [5.74, 6) is -0.656. The van der Waals surface area contributed by atoms with Crippen LogP contribution in [0.4, 0.5) is 4.39 Å². The Morgan fingerprint density at radius 3 is 2.81 bits per heavy atom. The smallest absolute Gasteiger partial charge is 0.257 e. The molecule has 0 saturated heterocycles. The van der Waals surface area contributed by atoms with Gasteiger partial charge >= 0.3 is 0 Å². The molecule has 0 atom stereocenters. The van der Waals surface area contributed by atoms with Crippen LogP contribution >= 0.6 is 15.9 Å². The first-order valence-corrected chi connectivity index (χ1v) is 6.18. The Hall–Kier alpha value is -0.900. The van der Waals surface area contributed by atoms with Crippen LogP contribution in [-0.2, 0) is 0 Å². The standard InChI is InChI=1S/C12H13BrFNO/c1-2-15(9-4-5-9)12(16)10-7-8(13)3-6-11(10)14/h3,6-7,9H,2,4-5H2,1H3. The Balaban J connectivity index is 2.28. The van der Waals surface area contributed by atoms with Gasteiger partial charge in [0, 0.05) is 17.1 Å². The van der Waals surface area contributed by atoms with Gasteiger partial charge in [-0.05, 0) is 38.0 Å². The second-order valence-electron chi connectivity index (χ2n) is 3.95. The summed E-state index contributed by atoms with van der Waals surface area (Å²) in [5.41, 5.74) is 0.156. The summed E-state index contributed by atoms with van der Waals surface area (Å²) in [4.78, 5) is 13.8. The van der Waals surface area contributed by atoms with Gasteiger partial charge in [-0.2, -0.15) is 0 Å². The minimum atomic E-state index is -0.452. The molecule has 1 aromatic rings. The van der Waals surface area contributed by atoms with Crippen molar-refractivity contribution in [3.63, 3.8) is 0 Å². The second-order valence-corrected chi connectivity index (χ2v) is 4.86. The molecular weight excluding hydrogens is 273 g/mol. The van der Waals surface area contributed by atoms with Crippen LogP contribution in [0.3, 0.4) is 0 Å². The van der Waals surface area contributed by atoms with Gasteiger partial charge in [-0.1, -0.05) is 15.9 Å². The number of halogens is 2. The van der Waals surface area contributed by atoms with Crippen molar-refractivity contribution in [2.75, 3.05) is 6.54 Å². The van der Waals surface area contributed by atoms with E-state index >= 15 is 0 Å². The van der Waals surface area contributed by atoms with Crippen molar-refractivity contribution in [3.05, 3.63) is 34.1 Å². The lowest BCUT2D eigenvalue weighted by Gasteiger charge is -2.20. The van der Waals surface area contributed by atoms with E-state index in [4.69, 9.17) is 0 Å². The topological polar surface area (TPSA) is 20.3 Å². The molecule has 4 heteroatoms. The molecule has 1 saturated carbocycles. The quantitative estimate of drug-likeness (QED) is 0.835. The summed E-state index contributed by atoms with van der Waals surface area (Å²) in [5, 5.41) is 0. The van der Waals surface area contributed by atoms with E-state index < -0.39 is 5.82 Å². The fourth-order valence-corrected chi connectivity index (χ4v) is 2.13. The molecule has 0 N–H and O–H groups in total. The molecule has 1 fully saturated rings. The van der Waals surface area contributed by atoms with Gasteiger partial charge in [0.1, 0.15) is 5.82 Å². The molecule has 1 aromatic carbocycles. The van der Waals surface area contributed by atoms with E-state index in [1.54, 1.807) is 17.0 Å². The van der Waals surface area contributed by atoms with Crippen molar-refractivity contribution in [1.82, 2.24) is 4.90 Å². The molecule has 0 aliphatic heterocycles. The maximum Gasteiger partial charge on any atom is 0.257 e. The fraction of sp³-hybridized carbons (Fsp3) is 0.417. The first-order chi connectivity index (χ1) is 7.63. The van der Waals surface area contributed by atoms with Gasteiger partial charge < -0.3 is 4.90 Å². The van der Waals surface area contributed by atoms with Gasteiger partial charge in [-0.15, -0.1) is 0 Å². The maximum absolute atomic E-state index is 13.5. The Kier molecular flexibility index (Phi) is 3.28. The lowest BCUT2D eigenvalue weighted by Crippen LogP contribution is -2.33. The Labute approximate surface area is 103 Å². The van der Waals surface area contributed by atoms with E-state index in [0.29, 0.717) is 12.6 Å². The number of rotatable bonds is 3. The van der Waals surface area contributed by atoms with Crippen LogP contribution < -0.4 is 0 Å². The van der Waals surface area contributed by atoms with Crippen molar-refractivity contribution in [2.45, 2.75) is 25.8 Å². The molecular formula is C12H13BrFNO. The third-order valence-electron chi connectivity index (χ3n) is 2.75. The molecule has 0 heterocycles. The normalized spacial score (nSPS) is 14.9. The summed E-state index contributed by atoms with van der Waals surface area (Å²) in [7, 11) is 0. The molecule has 86 valence electrons. The minimum Gasteiger partial charge on any atom is -0.336 e. The van der Waals surface area contributed by atoms with E-state index in [2.05, 4.69) is 15.9 Å². The lowest BCUT2D eigenvalue weighted by molar-refractivity contribution is 0.0748. The molecule has 1 aliphatic rings. The highest BCUT2D eigenvalue weighted by Gasteiger charge is 2.32. The number of amides is 1. The maximum atomic E-state index is 13.5. The SMILES string of the molecule is CCN(C(=O)c1cc(Br)ccc1F)C1CC1. The van der Waals surface area contributed by atoms with Crippen molar-refractivity contribution in [3.8, 4) is 0 Å². The highest BCUT2D eigenvalue weighted by atomic mass is 79.9. The van der Waals surface area contributed by atoms with Gasteiger partial charge in [0.25, 0.3) is 5.91 Å². The third kappa shape index (κ3) is 2.26. The number of nitrogens with zero attached hydrogens (tertiary/aromatic N) is 1. The lowest BCUT2D eigenvalue weighted by atomic mass is 10.2. The summed E-state index contributed by atoms with van der Waals surface area (Å²) in [6.45, 7) is 2.56. The van der Waals surface area contributed by atoms with Gasteiger partial charge in [-0.3, -0.25) is 4.79 Å². The van der Waals surface area contributed by atoms with Crippen LogP contribution in [0.5, 0.6) is 0 Å². The number of hydrogen-bond acceptors (Lipinski definition) is 1. The predicted molar refractivity (Wildman–Crippen MR) is 63.8 cm³/mol. The summed E-state index contributed by atoms with van der Waals surface area (Å²) in [6, 6.07) is 4.77. The molecule has 0 radical (unpaired) electrons. The second kappa shape index (κ2) is 4.53. The van der Waals surface area contributed by atoms with E-state index in [0.717, 1.165) is 17.3 Å². The zero-order chi connectivity index (χ0) is 11.7. The van der Waals surface area contributed by atoms with Crippen molar-refractivity contribution in [1.29, 1.82) is 0 Å². The number of benzene rings is 1. The van der Waals surface area contributed by atoms with Gasteiger partial charge in [-0.25, -0.2) is 4.39 Å². The number of hydrogen-bond donors (Lipinski definition) is 0. The molecule has 2 rings (SSSR count). The van der Waals surface area contributed by atoms with Crippen LogP contribution in [-0.4, -0.2) is 23.4 Å². The van der Waals surface area contributed by atoms with Crippen LogP contribution in [0, 0.1) is 5.82 Å². The Morgan fingerprint density at radius 1 is 1.56 bits per heavy atom. The summed E-state index contributed by atoms with van der Waals surface area (Å²) in [6.07, 6.45) is 2.07. The monoisotopic (exact) mass is 285 g/mol. The molecule has 0 bridgehead atoms. The fourth-order valence-electron chi connectivity index (χ4n) is 1.77. The Bertz CT molecular complexity index is 417. The summed E-state index contributed by atoms with van der Waals surface area (Å²) >= 11 is 3.25. The van der Waals surface area contributed by atoms with E-state index in [-0.39, 0.29) is 11.5 Å². The average molecular weight is 286 g/mol. The van der Waals surface area contributed by atoms with Crippen LogP contribution in [0.25, 0.3) is 0 Å². The number of carbonyl (C=O) groups is 1. The van der Waals surface area contributed by atoms with Crippen LogP contribution in [0.1, 0.15) is 30.1 Å². The van der Waals surface area contributed by atoms with E-state index in [9.17, 15) is 9.18 Å². The van der Waals surface area contributed by atoms with Crippen LogP contribution in [0.15, 0.2) is 22.7 Å². The molecule has 16 heavy (non-hydrogen) atoms. The van der Waals surface area contributed by atoms with Crippen LogP contribution in [0.2, 0.25) is 0 Å². The first kappa shape index (κ1) is 11.6. The zero-order valence-corrected chi connectivity index (χ0v) is 10.6. The highest BCUT2D eigenvalue weighted by Crippen LogP contribution is 2.28. The van der Waals surface area contributed by atoms with E-state index in [1.807, 2.05) is 6.92 Å². The molecule has 2 nitrogen and oxygen atoms in total. The predicted octanol–water partition coefficient (Wildman–Crippen LogP) is 3.21.